The van der Waals surface area contributed by atoms with E-state index in [0.717, 1.165) is 89.9 Å². The molecular weight excluding hydrogens is 1090 g/mol. The molecule has 1 heterocycles. The maximum Gasteiger partial charge on any atom is 0.306 e. The summed E-state index contributed by atoms with van der Waals surface area (Å²) in [6.45, 7) is 5.76. The van der Waals surface area contributed by atoms with E-state index < -0.39 is 67.4 Å². The maximum atomic E-state index is 13.5. The molecule has 0 aromatic rings. The predicted octanol–water partition coefficient (Wildman–Crippen LogP) is 18.8. The minimum Gasteiger partial charge on any atom is -0.454 e. The zero-order valence-electron chi connectivity index (χ0n) is 56.1. The number of rotatable bonds is 62. The quantitative estimate of drug-likeness (QED) is 0.0195. The number of esters is 1. The van der Waals surface area contributed by atoms with Crippen molar-refractivity contribution in [2.75, 3.05) is 13.2 Å². The highest BCUT2D eigenvalue weighted by Crippen LogP contribution is 2.26. The Labute approximate surface area is 533 Å². The van der Waals surface area contributed by atoms with E-state index in [4.69, 9.17) is 14.2 Å². The molecule has 1 amide bonds. The first-order valence-corrected chi connectivity index (χ1v) is 36.4. The van der Waals surface area contributed by atoms with E-state index in [-0.39, 0.29) is 19.4 Å². The highest BCUT2D eigenvalue weighted by atomic mass is 16.7. The number of carbonyl (C=O) groups excluding carboxylic acids is 2. The molecule has 1 aliphatic rings. The molecule has 1 aliphatic heterocycles. The van der Waals surface area contributed by atoms with Crippen LogP contribution in [0.5, 0.6) is 0 Å². The van der Waals surface area contributed by atoms with Gasteiger partial charge in [-0.15, -0.1) is 0 Å². The molecule has 0 aromatic heterocycles. The molecule has 1 rings (SSSR count). The summed E-state index contributed by atoms with van der Waals surface area (Å²) in [7, 11) is 0. The standard InChI is InChI=1S/C76H135NO10/c1-4-7-10-13-16-19-22-25-27-29-31-33-34-35-36-37-39-41-43-46-49-52-55-58-61-64-71(81)87-74-73(83)72(82)70(65-78)86-76(74)85-66-67(68(79)62-59-56-53-50-47-44-24-21-18-15-12-9-6-3)77-75(84)69(80)63-60-57-54-51-48-45-42-40-38-32-30-28-26-23-20-17-14-11-8-5-2/h16-17,19-20,25-28,32,38,42,45,59,62,67-70,72-74,76,78-80,82-83H,4-15,18,21-24,29-31,33-37,39-41,43-44,46-58,60-61,63-66H2,1-3H3,(H,77,84)/b19-16-,20-17-,27-25-,28-26-,38-32-,45-42-,62-59+. The van der Waals surface area contributed by atoms with Gasteiger partial charge in [-0.2, -0.15) is 0 Å². The van der Waals surface area contributed by atoms with Crippen LogP contribution in [0.2, 0.25) is 0 Å². The van der Waals surface area contributed by atoms with Crippen LogP contribution >= 0.6 is 0 Å². The van der Waals surface area contributed by atoms with Crippen molar-refractivity contribution in [1.82, 2.24) is 5.32 Å². The van der Waals surface area contributed by atoms with E-state index >= 15 is 0 Å². The first-order chi connectivity index (χ1) is 42.7. The van der Waals surface area contributed by atoms with Crippen LogP contribution in [-0.4, -0.2) is 99.6 Å². The van der Waals surface area contributed by atoms with Crippen molar-refractivity contribution in [3.8, 4) is 0 Å². The van der Waals surface area contributed by atoms with Crippen molar-refractivity contribution in [3.63, 3.8) is 0 Å². The number of carbonyl (C=O) groups is 2. The summed E-state index contributed by atoms with van der Waals surface area (Å²) in [6, 6.07) is -1.04. The molecule has 0 saturated carbocycles. The van der Waals surface area contributed by atoms with Crippen molar-refractivity contribution in [2.24, 2.45) is 0 Å². The van der Waals surface area contributed by atoms with Crippen molar-refractivity contribution >= 4 is 11.9 Å². The fraction of sp³-hybridized carbons (Fsp3) is 0.789. The lowest BCUT2D eigenvalue weighted by Crippen LogP contribution is -2.61. The first-order valence-electron chi connectivity index (χ1n) is 36.4. The molecule has 0 spiro atoms. The van der Waals surface area contributed by atoms with Crippen LogP contribution in [0.1, 0.15) is 323 Å². The van der Waals surface area contributed by atoms with Crippen LogP contribution < -0.4 is 5.32 Å². The highest BCUT2D eigenvalue weighted by molar-refractivity contribution is 5.80. The molecule has 0 radical (unpaired) electrons. The number of aliphatic hydroxyl groups excluding tert-OH is 5. The maximum absolute atomic E-state index is 13.5. The summed E-state index contributed by atoms with van der Waals surface area (Å²) in [6.07, 6.45) is 73.3. The average molecular weight is 1220 g/mol. The van der Waals surface area contributed by atoms with Crippen molar-refractivity contribution in [3.05, 3.63) is 85.1 Å². The van der Waals surface area contributed by atoms with Crippen LogP contribution in [0.4, 0.5) is 0 Å². The smallest absolute Gasteiger partial charge is 0.306 e. The number of unbranched alkanes of at least 4 members (excludes halogenated alkanes) is 36. The van der Waals surface area contributed by atoms with Crippen molar-refractivity contribution in [1.29, 1.82) is 0 Å². The largest absolute Gasteiger partial charge is 0.454 e. The molecule has 8 atom stereocenters. The number of ether oxygens (including phenoxy) is 3. The lowest BCUT2D eigenvalue weighted by molar-refractivity contribution is -0.305. The molecule has 1 fully saturated rings. The second-order valence-corrected chi connectivity index (χ2v) is 25.0. The Balaban J connectivity index is 2.59. The van der Waals surface area contributed by atoms with Gasteiger partial charge in [-0.25, -0.2) is 0 Å². The predicted molar refractivity (Wildman–Crippen MR) is 366 cm³/mol. The van der Waals surface area contributed by atoms with Crippen LogP contribution in [-0.2, 0) is 23.8 Å². The van der Waals surface area contributed by atoms with Crippen LogP contribution in [0.15, 0.2) is 85.1 Å². The van der Waals surface area contributed by atoms with Crippen LogP contribution in [0, 0.1) is 0 Å². The molecule has 87 heavy (non-hydrogen) atoms. The molecule has 8 unspecified atom stereocenters. The summed E-state index contributed by atoms with van der Waals surface area (Å²) < 4.78 is 17.7. The molecule has 0 aliphatic carbocycles. The minimum atomic E-state index is -1.62. The van der Waals surface area contributed by atoms with E-state index in [1.807, 2.05) is 6.08 Å². The Morgan fingerprint density at radius 3 is 1.21 bits per heavy atom. The van der Waals surface area contributed by atoms with Crippen LogP contribution in [0.3, 0.4) is 0 Å². The van der Waals surface area contributed by atoms with Crippen LogP contribution in [0.25, 0.3) is 0 Å². The molecule has 6 N–H and O–H groups in total. The monoisotopic (exact) mass is 1220 g/mol. The van der Waals surface area contributed by atoms with Gasteiger partial charge in [-0.3, -0.25) is 9.59 Å². The van der Waals surface area contributed by atoms with Gasteiger partial charge < -0.3 is 45.1 Å². The van der Waals surface area contributed by atoms with E-state index in [1.165, 1.54) is 186 Å². The third-order valence-corrected chi connectivity index (χ3v) is 16.8. The number of allylic oxidation sites excluding steroid dienone is 13. The average Bonchev–Trinajstić information content (AvgIpc) is 1.52. The third kappa shape index (κ3) is 50.2. The molecular formula is C76H135NO10. The minimum absolute atomic E-state index is 0.119. The number of hydrogen-bond acceptors (Lipinski definition) is 10. The molecule has 0 bridgehead atoms. The van der Waals surface area contributed by atoms with Gasteiger partial charge in [0, 0.05) is 6.42 Å². The summed E-state index contributed by atoms with van der Waals surface area (Å²) >= 11 is 0. The third-order valence-electron chi connectivity index (χ3n) is 16.8. The summed E-state index contributed by atoms with van der Waals surface area (Å²) in [4.78, 5) is 26.7. The lowest BCUT2D eigenvalue weighted by atomic mass is 9.99. The SMILES string of the molecule is CCCCC/C=C\C/C=C\C/C=C\C/C=C\CCCCCCC(O)C(=O)NC(COC1OC(CO)C(O)C(O)C1OC(=O)CCCCCCCCCCCCCCCCC/C=C\C/C=C\CCCCC)C(O)/C=C/CCCCCCCCCCCCC. The summed E-state index contributed by atoms with van der Waals surface area (Å²) in [5.74, 6) is -1.21. The number of amides is 1. The van der Waals surface area contributed by atoms with E-state index in [9.17, 15) is 35.1 Å². The molecule has 0 aromatic carbocycles. The Kier molecular flexibility index (Phi) is 59.3. The van der Waals surface area contributed by atoms with E-state index in [1.54, 1.807) is 6.08 Å². The molecule has 504 valence electrons. The van der Waals surface area contributed by atoms with Gasteiger partial charge in [-0.1, -0.05) is 298 Å². The van der Waals surface area contributed by atoms with Gasteiger partial charge in [-0.05, 0) is 103 Å². The Hall–Kier alpha value is -3.16. The fourth-order valence-corrected chi connectivity index (χ4v) is 11.0. The van der Waals surface area contributed by atoms with Gasteiger partial charge in [0.25, 0.3) is 0 Å². The second-order valence-electron chi connectivity index (χ2n) is 25.0. The zero-order valence-corrected chi connectivity index (χ0v) is 56.1. The van der Waals surface area contributed by atoms with Gasteiger partial charge in [0.15, 0.2) is 12.4 Å². The summed E-state index contributed by atoms with van der Waals surface area (Å²) in [5, 5.41) is 57.3. The molecule has 1 saturated heterocycles. The zero-order chi connectivity index (χ0) is 63.1. The number of aliphatic hydroxyl groups is 5. The van der Waals surface area contributed by atoms with Gasteiger partial charge >= 0.3 is 5.97 Å². The van der Waals surface area contributed by atoms with Gasteiger partial charge in [0.1, 0.15) is 24.4 Å². The highest BCUT2D eigenvalue weighted by Gasteiger charge is 2.47. The Morgan fingerprint density at radius 1 is 0.448 bits per heavy atom. The normalized spacial score (nSPS) is 18.7. The van der Waals surface area contributed by atoms with Crippen molar-refractivity contribution in [2.45, 2.75) is 372 Å². The van der Waals surface area contributed by atoms with Gasteiger partial charge in [0.05, 0.1) is 25.4 Å². The summed E-state index contributed by atoms with van der Waals surface area (Å²) in [5.41, 5.74) is 0. The van der Waals surface area contributed by atoms with E-state index in [2.05, 4.69) is 99.0 Å². The van der Waals surface area contributed by atoms with Gasteiger partial charge in [0.2, 0.25) is 5.91 Å². The Morgan fingerprint density at radius 2 is 0.793 bits per heavy atom. The first kappa shape index (κ1) is 81.9. The molecule has 11 nitrogen and oxygen atoms in total. The molecule has 11 heteroatoms. The number of nitrogens with one attached hydrogen (secondary N) is 1. The van der Waals surface area contributed by atoms with Crippen molar-refractivity contribution < 1.29 is 49.3 Å². The fourth-order valence-electron chi connectivity index (χ4n) is 11.0. The number of hydrogen-bond donors (Lipinski definition) is 6. The second kappa shape index (κ2) is 63.0. The van der Waals surface area contributed by atoms with E-state index in [0.29, 0.717) is 12.8 Å². The lowest BCUT2D eigenvalue weighted by Gasteiger charge is -2.41. The Bertz CT molecular complexity index is 1740. The topological polar surface area (TPSA) is 175 Å².